The van der Waals surface area contributed by atoms with Gasteiger partial charge in [-0.15, -0.1) is 0 Å². The summed E-state index contributed by atoms with van der Waals surface area (Å²) < 4.78 is 27.2. The Bertz CT molecular complexity index is 739. The van der Waals surface area contributed by atoms with E-state index in [1.54, 1.807) is 6.20 Å². The second-order valence-electron chi connectivity index (χ2n) is 4.62. The highest BCUT2D eigenvalue weighted by molar-refractivity contribution is 7.87. The molecule has 0 bridgehead atoms. The summed E-state index contributed by atoms with van der Waals surface area (Å²) in [7, 11) is -3.96. The van der Waals surface area contributed by atoms with Crippen molar-refractivity contribution in [3.05, 3.63) is 36.0 Å². The van der Waals surface area contributed by atoms with Crippen LogP contribution in [0.4, 0.5) is 0 Å². The number of carbonyl (C=O) groups excluding carboxylic acids is 1. The summed E-state index contributed by atoms with van der Waals surface area (Å²) in [5.74, 6) is -1.40. The van der Waals surface area contributed by atoms with Crippen molar-refractivity contribution in [2.24, 2.45) is 11.5 Å². The van der Waals surface area contributed by atoms with E-state index in [-0.39, 0.29) is 13.0 Å². The fraction of sp³-hybridized carbons (Fsp3) is 0.308. The number of fused-ring (bicyclic) bond motifs is 1. The van der Waals surface area contributed by atoms with E-state index in [0.29, 0.717) is 0 Å². The normalized spacial score (nSPS) is 13.2. The lowest BCUT2D eigenvalue weighted by Crippen LogP contribution is -2.36. The quantitative estimate of drug-likeness (QED) is 0.637. The van der Waals surface area contributed by atoms with Crippen LogP contribution in [0.2, 0.25) is 0 Å². The van der Waals surface area contributed by atoms with Crippen molar-refractivity contribution in [2.45, 2.75) is 12.5 Å². The zero-order valence-corrected chi connectivity index (χ0v) is 12.1. The van der Waals surface area contributed by atoms with Gasteiger partial charge in [0.15, 0.2) is 0 Å². The van der Waals surface area contributed by atoms with E-state index in [0.717, 1.165) is 16.5 Å². The molecule has 2 aromatic rings. The van der Waals surface area contributed by atoms with Crippen LogP contribution in [0.5, 0.6) is 0 Å². The first-order valence-corrected chi connectivity index (χ1v) is 7.97. The topological polar surface area (TPSA) is 128 Å². The molecule has 0 unspecified atom stereocenters. The second-order valence-corrected chi connectivity index (χ2v) is 6.31. The molecule has 0 fully saturated rings. The molecule has 1 heterocycles. The lowest BCUT2D eigenvalue weighted by atomic mass is 10.1. The van der Waals surface area contributed by atoms with Gasteiger partial charge in [-0.2, -0.15) is 8.42 Å². The number of rotatable bonds is 6. The summed E-state index contributed by atoms with van der Waals surface area (Å²) in [6.07, 6.45) is 1.92. The van der Waals surface area contributed by atoms with Crippen molar-refractivity contribution in [1.82, 2.24) is 4.98 Å². The Morgan fingerprint density at radius 1 is 1.33 bits per heavy atom. The molecule has 0 aliphatic rings. The van der Waals surface area contributed by atoms with Gasteiger partial charge >= 0.3 is 16.1 Å². The predicted octanol–water partition coefficient (Wildman–Crippen LogP) is -0.131. The molecule has 2 rings (SSSR count). The van der Waals surface area contributed by atoms with Gasteiger partial charge in [-0.25, -0.2) is 4.79 Å². The van der Waals surface area contributed by atoms with E-state index in [4.69, 9.17) is 11.5 Å². The maximum atomic E-state index is 11.7. The van der Waals surface area contributed by atoms with Crippen molar-refractivity contribution < 1.29 is 17.4 Å². The Morgan fingerprint density at radius 3 is 2.76 bits per heavy atom. The third-order valence-electron chi connectivity index (χ3n) is 2.99. The van der Waals surface area contributed by atoms with E-state index in [2.05, 4.69) is 9.17 Å². The molecule has 0 aliphatic heterocycles. The number of aromatic amines is 1. The summed E-state index contributed by atoms with van der Waals surface area (Å²) in [4.78, 5) is 14.8. The van der Waals surface area contributed by atoms with E-state index in [9.17, 15) is 13.2 Å². The van der Waals surface area contributed by atoms with Gasteiger partial charge in [0.05, 0.1) is 5.75 Å². The summed E-state index contributed by atoms with van der Waals surface area (Å²) in [6, 6.07) is 6.49. The molecular weight excluding hydrogens is 294 g/mol. The fourth-order valence-corrected chi connectivity index (χ4v) is 2.74. The number of nitrogens with one attached hydrogen (secondary N) is 1. The van der Waals surface area contributed by atoms with Gasteiger partial charge in [-0.1, -0.05) is 18.2 Å². The number of carbonyl (C=O) groups is 1. The highest BCUT2D eigenvalue weighted by Crippen LogP contribution is 2.19. The Balaban J connectivity index is 2.07. The van der Waals surface area contributed by atoms with E-state index in [1.165, 1.54) is 0 Å². The van der Waals surface area contributed by atoms with Gasteiger partial charge in [0.2, 0.25) is 0 Å². The number of para-hydroxylation sites is 1. The van der Waals surface area contributed by atoms with Crippen molar-refractivity contribution >= 4 is 27.0 Å². The maximum Gasteiger partial charge on any atom is 0.339 e. The Hall–Kier alpha value is -1.90. The summed E-state index contributed by atoms with van der Waals surface area (Å²) in [6.45, 7) is -0.118. The summed E-state index contributed by atoms with van der Waals surface area (Å²) >= 11 is 0. The lowest BCUT2D eigenvalue weighted by molar-refractivity contribution is -0.135. The number of H-pyrrole nitrogens is 1. The minimum absolute atomic E-state index is 0.118. The minimum Gasteiger partial charge on any atom is -0.361 e. The van der Waals surface area contributed by atoms with E-state index < -0.39 is 27.9 Å². The molecule has 21 heavy (non-hydrogen) atoms. The molecular formula is C13H17N3O4S. The monoisotopic (exact) mass is 311 g/mol. The van der Waals surface area contributed by atoms with Crippen LogP contribution in [-0.2, 0) is 25.5 Å². The molecule has 0 spiro atoms. The smallest absolute Gasteiger partial charge is 0.339 e. The summed E-state index contributed by atoms with van der Waals surface area (Å²) in [5.41, 5.74) is 12.6. The van der Waals surface area contributed by atoms with Crippen molar-refractivity contribution in [2.75, 3.05) is 12.3 Å². The SMILES string of the molecule is NCCS(=O)(=O)OC(=O)[C@@H](N)Cc1c[nH]c2ccccc12. The van der Waals surface area contributed by atoms with Crippen LogP contribution in [0, 0.1) is 0 Å². The average molecular weight is 311 g/mol. The largest absolute Gasteiger partial charge is 0.361 e. The van der Waals surface area contributed by atoms with Crippen molar-refractivity contribution in [3.63, 3.8) is 0 Å². The van der Waals surface area contributed by atoms with Crippen LogP contribution in [0.25, 0.3) is 10.9 Å². The van der Waals surface area contributed by atoms with Gasteiger partial charge in [0.1, 0.15) is 6.04 Å². The minimum atomic E-state index is -3.96. The maximum absolute atomic E-state index is 11.7. The van der Waals surface area contributed by atoms with Gasteiger partial charge < -0.3 is 20.6 Å². The van der Waals surface area contributed by atoms with Crippen LogP contribution >= 0.6 is 0 Å². The van der Waals surface area contributed by atoms with Gasteiger partial charge in [-0.3, -0.25) is 0 Å². The molecule has 0 amide bonds. The Morgan fingerprint density at radius 2 is 2.05 bits per heavy atom. The number of aromatic nitrogens is 1. The highest BCUT2D eigenvalue weighted by atomic mass is 32.2. The number of nitrogens with two attached hydrogens (primary N) is 2. The fourth-order valence-electron chi connectivity index (χ4n) is 1.99. The van der Waals surface area contributed by atoms with Crippen LogP contribution in [0.15, 0.2) is 30.5 Å². The molecule has 0 saturated carbocycles. The van der Waals surface area contributed by atoms with Crippen LogP contribution in [0.1, 0.15) is 5.56 Å². The molecule has 0 aliphatic carbocycles. The number of hydrogen-bond donors (Lipinski definition) is 3. The average Bonchev–Trinajstić information content (AvgIpc) is 2.81. The zero-order chi connectivity index (χ0) is 15.5. The lowest BCUT2D eigenvalue weighted by Gasteiger charge is -2.10. The molecule has 1 aromatic carbocycles. The Kier molecular flexibility index (Phi) is 4.61. The molecule has 0 saturated heterocycles. The molecule has 0 radical (unpaired) electrons. The number of benzene rings is 1. The number of hydrogen-bond acceptors (Lipinski definition) is 6. The third kappa shape index (κ3) is 3.81. The summed E-state index contributed by atoms with van der Waals surface area (Å²) in [5, 5.41) is 0.936. The molecule has 1 aromatic heterocycles. The first kappa shape index (κ1) is 15.5. The van der Waals surface area contributed by atoms with Gasteiger partial charge in [0.25, 0.3) is 0 Å². The molecule has 8 heteroatoms. The first-order chi connectivity index (χ1) is 9.93. The van der Waals surface area contributed by atoms with Gasteiger partial charge in [-0.05, 0) is 11.6 Å². The van der Waals surface area contributed by atoms with E-state index >= 15 is 0 Å². The van der Waals surface area contributed by atoms with Crippen LogP contribution in [-0.4, -0.2) is 37.7 Å². The molecule has 1 atom stereocenters. The molecule has 114 valence electrons. The van der Waals surface area contributed by atoms with Crippen molar-refractivity contribution in [1.29, 1.82) is 0 Å². The zero-order valence-electron chi connectivity index (χ0n) is 11.3. The van der Waals surface area contributed by atoms with Crippen molar-refractivity contribution in [3.8, 4) is 0 Å². The second kappa shape index (κ2) is 6.25. The van der Waals surface area contributed by atoms with E-state index in [1.807, 2.05) is 24.3 Å². The predicted molar refractivity (Wildman–Crippen MR) is 78.9 cm³/mol. The molecule has 5 N–H and O–H groups in total. The molecule has 7 nitrogen and oxygen atoms in total. The standard InChI is InChI=1S/C13H17N3O4S/c14-5-6-21(18,19)20-13(17)11(15)7-9-8-16-12-4-2-1-3-10(9)12/h1-4,8,11,16H,5-7,14-15H2/t11-/m0/s1. The van der Waals surface area contributed by atoms with Gasteiger partial charge in [0, 0.05) is 30.1 Å². The van der Waals surface area contributed by atoms with Crippen LogP contribution < -0.4 is 11.5 Å². The highest BCUT2D eigenvalue weighted by Gasteiger charge is 2.23. The Labute approximate surface area is 122 Å². The van der Waals surface area contributed by atoms with Crippen LogP contribution in [0.3, 0.4) is 0 Å². The third-order valence-corrected chi connectivity index (χ3v) is 4.15. The first-order valence-electron chi connectivity index (χ1n) is 6.39.